The Kier molecular flexibility index (Phi) is 5.40. The predicted octanol–water partition coefficient (Wildman–Crippen LogP) is 6.23. The molecule has 164 valence electrons. The fourth-order valence-electron chi connectivity index (χ4n) is 3.87. The van der Waals surface area contributed by atoms with Gasteiger partial charge in [0.15, 0.2) is 0 Å². The van der Waals surface area contributed by atoms with Crippen molar-refractivity contribution in [2.75, 3.05) is 4.90 Å². The Hall–Kier alpha value is -3.97. The molecule has 0 radical (unpaired) electrons. The van der Waals surface area contributed by atoms with Gasteiger partial charge < -0.3 is 9.84 Å². The molecule has 4 aromatic rings. The number of benzene rings is 3. The van der Waals surface area contributed by atoms with Crippen molar-refractivity contribution in [1.82, 2.24) is 15.5 Å². The van der Waals surface area contributed by atoms with Crippen LogP contribution in [0.15, 0.2) is 89.1 Å². The molecule has 2 amide bonds. The quantitative estimate of drug-likeness (QED) is 0.392. The van der Waals surface area contributed by atoms with Gasteiger partial charge in [0.2, 0.25) is 5.82 Å². The highest BCUT2D eigenvalue weighted by molar-refractivity contribution is 6.30. The fourth-order valence-corrected chi connectivity index (χ4v) is 3.99. The van der Waals surface area contributed by atoms with E-state index >= 15 is 0 Å². The van der Waals surface area contributed by atoms with E-state index in [2.05, 4.69) is 15.5 Å². The Bertz CT molecular complexity index is 1340. The monoisotopic (exact) mass is 460 g/mol. The third-order valence-corrected chi connectivity index (χ3v) is 5.71. The van der Waals surface area contributed by atoms with Crippen LogP contribution in [-0.4, -0.2) is 16.2 Å². The second-order valence-corrected chi connectivity index (χ2v) is 7.97. The second-order valence-electron chi connectivity index (χ2n) is 7.53. The summed E-state index contributed by atoms with van der Waals surface area (Å²) in [7, 11) is 0. The number of anilines is 1. The van der Waals surface area contributed by atoms with E-state index in [4.69, 9.17) is 16.1 Å². The fraction of sp³-hybridized carbons (Fsp3) is 0.0800. The number of amides is 2. The van der Waals surface area contributed by atoms with Crippen molar-refractivity contribution >= 4 is 28.9 Å². The van der Waals surface area contributed by atoms with Crippen molar-refractivity contribution in [2.24, 2.45) is 0 Å². The molecule has 0 saturated carbocycles. The zero-order valence-corrected chi connectivity index (χ0v) is 18.3. The molecule has 1 aliphatic heterocycles. The van der Waals surface area contributed by atoms with E-state index in [1.54, 1.807) is 41.3 Å². The molecule has 3 aromatic carbocycles. The summed E-state index contributed by atoms with van der Waals surface area (Å²) >= 11 is 6.03. The molecule has 1 N–H and O–H groups in total. The maximum atomic E-state index is 13.3. The summed E-state index contributed by atoms with van der Waals surface area (Å²) in [4.78, 5) is 19.3. The number of nitrogens with one attached hydrogen (secondary N) is 1. The molecule has 0 fully saturated rings. The third-order valence-electron chi connectivity index (χ3n) is 5.46. The average Bonchev–Trinajstić information content (AvgIpc) is 3.30. The van der Waals surface area contributed by atoms with Gasteiger partial charge in [0, 0.05) is 16.3 Å². The molecule has 1 unspecified atom stereocenters. The number of urea groups is 1. The molecule has 0 aliphatic carbocycles. The Morgan fingerprint density at radius 3 is 2.39 bits per heavy atom. The van der Waals surface area contributed by atoms with Crippen LogP contribution in [-0.2, 0) is 0 Å². The summed E-state index contributed by atoms with van der Waals surface area (Å²) in [6, 6.07) is 21.6. The summed E-state index contributed by atoms with van der Waals surface area (Å²) in [6.45, 7) is 1.83. The zero-order chi connectivity index (χ0) is 22.9. The topological polar surface area (TPSA) is 71.3 Å². The minimum Gasteiger partial charge on any atom is -0.334 e. The maximum absolute atomic E-state index is 13.3. The number of halogens is 2. The van der Waals surface area contributed by atoms with Crippen LogP contribution in [0, 0.1) is 5.82 Å². The Morgan fingerprint density at radius 1 is 1.00 bits per heavy atom. The van der Waals surface area contributed by atoms with Gasteiger partial charge in [-0.25, -0.2) is 9.18 Å². The minimum atomic E-state index is -0.497. The maximum Gasteiger partial charge on any atom is 0.326 e. The van der Waals surface area contributed by atoms with Crippen molar-refractivity contribution in [3.63, 3.8) is 0 Å². The normalized spacial score (nSPS) is 16.2. The lowest BCUT2D eigenvalue weighted by Crippen LogP contribution is -2.46. The van der Waals surface area contributed by atoms with Gasteiger partial charge in [-0.2, -0.15) is 4.98 Å². The predicted molar refractivity (Wildman–Crippen MR) is 124 cm³/mol. The highest BCUT2D eigenvalue weighted by Gasteiger charge is 2.36. The number of hydrogen-bond acceptors (Lipinski definition) is 4. The van der Waals surface area contributed by atoms with Crippen molar-refractivity contribution in [2.45, 2.75) is 13.0 Å². The molecule has 6 nitrogen and oxygen atoms in total. The molecule has 33 heavy (non-hydrogen) atoms. The first-order valence-corrected chi connectivity index (χ1v) is 10.6. The van der Waals surface area contributed by atoms with E-state index in [-0.39, 0.29) is 17.7 Å². The molecule has 1 aromatic heterocycles. The Labute approximate surface area is 194 Å². The summed E-state index contributed by atoms with van der Waals surface area (Å²) in [6.07, 6.45) is 0. The van der Waals surface area contributed by atoms with Crippen molar-refractivity contribution in [1.29, 1.82) is 0 Å². The summed E-state index contributed by atoms with van der Waals surface area (Å²) < 4.78 is 19.0. The van der Waals surface area contributed by atoms with E-state index in [0.717, 1.165) is 5.56 Å². The van der Waals surface area contributed by atoms with E-state index in [1.807, 2.05) is 37.3 Å². The molecule has 2 heterocycles. The first kappa shape index (κ1) is 20.9. The molecular weight excluding hydrogens is 443 g/mol. The zero-order valence-electron chi connectivity index (χ0n) is 17.5. The van der Waals surface area contributed by atoms with Gasteiger partial charge in [0.05, 0.1) is 17.3 Å². The lowest BCUT2D eigenvalue weighted by Gasteiger charge is -2.35. The van der Waals surface area contributed by atoms with Gasteiger partial charge in [-0.3, -0.25) is 4.90 Å². The molecule has 0 bridgehead atoms. The SMILES string of the molecule is CC1=C(c2nc(-c3ccc(F)cc3)no2)C(c2ccccc2)NC(=O)N1c1ccc(Cl)cc1. The van der Waals surface area contributed by atoms with Crippen LogP contribution in [0.4, 0.5) is 14.9 Å². The van der Waals surface area contributed by atoms with Crippen molar-refractivity contribution in [3.05, 3.63) is 107 Å². The number of rotatable bonds is 4. The summed E-state index contributed by atoms with van der Waals surface area (Å²) in [5.74, 6) is 0.241. The lowest BCUT2D eigenvalue weighted by atomic mass is 9.94. The van der Waals surface area contributed by atoms with Crippen LogP contribution < -0.4 is 10.2 Å². The van der Waals surface area contributed by atoms with Gasteiger partial charge in [0.25, 0.3) is 5.89 Å². The Balaban J connectivity index is 1.64. The van der Waals surface area contributed by atoms with Gasteiger partial charge >= 0.3 is 6.03 Å². The first-order valence-electron chi connectivity index (χ1n) is 10.2. The number of allylic oxidation sites excluding steroid dienone is 1. The molecule has 5 rings (SSSR count). The average molecular weight is 461 g/mol. The summed E-state index contributed by atoms with van der Waals surface area (Å²) in [5, 5.41) is 7.71. The largest absolute Gasteiger partial charge is 0.334 e. The van der Waals surface area contributed by atoms with Crippen molar-refractivity contribution < 1.29 is 13.7 Å². The summed E-state index contributed by atoms with van der Waals surface area (Å²) in [5.41, 5.74) is 3.45. The van der Waals surface area contributed by atoms with E-state index in [0.29, 0.717) is 33.4 Å². The number of carbonyl (C=O) groups excluding carboxylic acids is 1. The first-order chi connectivity index (χ1) is 16.0. The standard InChI is InChI=1S/C25H18ClFN4O2/c1-15-21(24-29-23(30-33-24)17-7-11-19(27)12-8-17)22(16-5-3-2-4-6-16)28-25(32)31(15)20-13-9-18(26)10-14-20/h2-14,22H,1H3,(H,28,32). The molecule has 1 atom stereocenters. The lowest BCUT2D eigenvalue weighted by molar-refractivity contribution is 0.244. The molecule has 1 aliphatic rings. The van der Waals surface area contributed by atoms with Crippen LogP contribution in [0.25, 0.3) is 17.0 Å². The van der Waals surface area contributed by atoms with Crippen LogP contribution in [0.3, 0.4) is 0 Å². The van der Waals surface area contributed by atoms with Gasteiger partial charge in [-0.1, -0.05) is 47.1 Å². The molecular formula is C25H18ClFN4O2. The molecule has 0 saturated heterocycles. The van der Waals surface area contributed by atoms with Crippen LogP contribution in [0.5, 0.6) is 0 Å². The van der Waals surface area contributed by atoms with Gasteiger partial charge in [-0.15, -0.1) is 0 Å². The van der Waals surface area contributed by atoms with E-state index < -0.39 is 6.04 Å². The number of hydrogen-bond donors (Lipinski definition) is 1. The third kappa shape index (κ3) is 3.99. The minimum absolute atomic E-state index is 0.264. The highest BCUT2D eigenvalue weighted by atomic mass is 35.5. The smallest absolute Gasteiger partial charge is 0.326 e. The molecule has 8 heteroatoms. The van der Waals surface area contributed by atoms with Crippen LogP contribution >= 0.6 is 11.6 Å². The van der Waals surface area contributed by atoms with Crippen LogP contribution in [0.1, 0.15) is 24.4 Å². The van der Waals surface area contributed by atoms with Gasteiger partial charge in [-0.05, 0) is 61.0 Å². The highest BCUT2D eigenvalue weighted by Crippen LogP contribution is 2.39. The Morgan fingerprint density at radius 2 is 1.70 bits per heavy atom. The number of nitrogens with zero attached hydrogens (tertiary/aromatic N) is 3. The van der Waals surface area contributed by atoms with Gasteiger partial charge in [0.1, 0.15) is 5.82 Å². The van der Waals surface area contributed by atoms with E-state index in [1.165, 1.54) is 12.1 Å². The molecule has 0 spiro atoms. The number of aromatic nitrogens is 2. The second kappa shape index (κ2) is 8.52. The van der Waals surface area contributed by atoms with Crippen molar-refractivity contribution in [3.8, 4) is 11.4 Å². The number of carbonyl (C=O) groups is 1. The van der Waals surface area contributed by atoms with Crippen LogP contribution in [0.2, 0.25) is 5.02 Å². The van der Waals surface area contributed by atoms with E-state index in [9.17, 15) is 9.18 Å².